The van der Waals surface area contributed by atoms with Gasteiger partial charge in [0.15, 0.2) is 0 Å². The highest BCUT2D eigenvalue weighted by atomic mass is 19.4. The van der Waals surface area contributed by atoms with Crippen LogP contribution in [-0.4, -0.2) is 30.7 Å². The van der Waals surface area contributed by atoms with Gasteiger partial charge in [0.1, 0.15) is 0 Å². The van der Waals surface area contributed by atoms with Crippen LogP contribution < -0.4 is 5.73 Å². The second-order valence-electron chi connectivity index (χ2n) is 3.66. The van der Waals surface area contributed by atoms with Gasteiger partial charge in [-0.2, -0.15) is 13.2 Å². The van der Waals surface area contributed by atoms with Gasteiger partial charge in [-0.15, -0.1) is 0 Å². The highest BCUT2D eigenvalue weighted by Crippen LogP contribution is 2.34. The normalized spacial score (nSPS) is 14.0. The van der Waals surface area contributed by atoms with E-state index in [1.807, 2.05) is 0 Å². The molecule has 0 radical (unpaired) electrons. The minimum Gasteiger partial charge on any atom is -0.442 e. The maximum Gasteiger partial charge on any atom is 0.431 e. The second-order valence-corrected chi connectivity index (χ2v) is 3.66. The van der Waals surface area contributed by atoms with E-state index in [2.05, 4.69) is 10.5 Å². The molecule has 0 saturated carbocycles. The van der Waals surface area contributed by atoms with Crippen LogP contribution in [0.1, 0.15) is 10.4 Å². The van der Waals surface area contributed by atoms with Crippen molar-refractivity contribution >= 4 is 5.97 Å². The topological polar surface area (TPSA) is 52.3 Å². The number of halogens is 5. The number of alkyl halides is 5. The number of benzene rings is 1. The summed E-state index contributed by atoms with van der Waals surface area (Å²) in [4.78, 5) is 11.4. The van der Waals surface area contributed by atoms with Gasteiger partial charge in [0.2, 0.25) is 0 Å². The van der Waals surface area contributed by atoms with Gasteiger partial charge in [-0.3, -0.25) is 0 Å². The quantitative estimate of drug-likeness (QED) is 0.681. The van der Waals surface area contributed by atoms with Crippen molar-refractivity contribution < 1.29 is 31.5 Å². The van der Waals surface area contributed by atoms with E-state index in [-0.39, 0.29) is 5.56 Å². The summed E-state index contributed by atoms with van der Waals surface area (Å²) in [6.07, 6.45) is -8.98. The summed E-state index contributed by atoms with van der Waals surface area (Å²) < 4.78 is 67.4. The predicted molar refractivity (Wildman–Crippen MR) is 55.7 cm³/mol. The molecular weight excluding hydrogens is 273 g/mol. The van der Waals surface area contributed by atoms with Crippen LogP contribution in [0, 0.1) is 0 Å². The van der Waals surface area contributed by atoms with Gasteiger partial charge in [0.05, 0.1) is 12.1 Å². The predicted octanol–water partition coefficient (Wildman–Crippen LogP) is 2.37. The number of carbonyl (C=O) groups is 1. The standard InChI is InChI=1S/C11H10F5NO2/c12-10(13,6-17)9(11(14,15)16)19-8(18)7-4-2-1-3-5-7/h1-5,9H,6,17H2. The van der Waals surface area contributed by atoms with Gasteiger partial charge in [-0.1, -0.05) is 18.2 Å². The zero-order valence-electron chi connectivity index (χ0n) is 9.45. The summed E-state index contributed by atoms with van der Waals surface area (Å²) >= 11 is 0. The summed E-state index contributed by atoms with van der Waals surface area (Å²) in [5, 5.41) is 0. The Morgan fingerprint density at radius 2 is 1.68 bits per heavy atom. The number of rotatable bonds is 4. The maximum atomic E-state index is 13.1. The summed E-state index contributed by atoms with van der Waals surface area (Å²) in [5.41, 5.74) is 4.32. The molecule has 1 atom stereocenters. The van der Waals surface area contributed by atoms with Gasteiger partial charge in [0, 0.05) is 0 Å². The summed E-state index contributed by atoms with van der Waals surface area (Å²) in [5.74, 6) is -5.88. The lowest BCUT2D eigenvalue weighted by molar-refractivity contribution is -0.265. The van der Waals surface area contributed by atoms with Crippen LogP contribution in [-0.2, 0) is 4.74 Å². The molecule has 1 rings (SSSR count). The average Bonchev–Trinajstić information content (AvgIpc) is 2.35. The molecule has 0 bridgehead atoms. The fourth-order valence-corrected chi connectivity index (χ4v) is 1.25. The number of hydrogen-bond acceptors (Lipinski definition) is 3. The summed E-state index contributed by atoms with van der Waals surface area (Å²) in [6.45, 7) is -1.58. The van der Waals surface area contributed by atoms with Crippen LogP contribution in [0.25, 0.3) is 0 Å². The van der Waals surface area contributed by atoms with Crippen molar-refractivity contribution in [1.82, 2.24) is 0 Å². The number of ether oxygens (including phenoxy) is 1. The van der Waals surface area contributed by atoms with Crippen molar-refractivity contribution in [3.8, 4) is 0 Å². The average molecular weight is 283 g/mol. The van der Waals surface area contributed by atoms with Gasteiger partial charge in [0.25, 0.3) is 6.10 Å². The van der Waals surface area contributed by atoms with E-state index in [4.69, 9.17) is 0 Å². The maximum absolute atomic E-state index is 13.1. The van der Waals surface area contributed by atoms with Crippen molar-refractivity contribution in [3.63, 3.8) is 0 Å². The van der Waals surface area contributed by atoms with Crippen molar-refractivity contribution in [2.45, 2.75) is 18.2 Å². The lowest BCUT2D eigenvalue weighted by Crippen LogP contribution is -2.51. The molecule has 0 aliphatic carbocycles. The second kappa shape index (κ2) is 5.52. The third-order valence-electron chi connectivity index (χ3n) is 2.19. The molecule has 106 valence electrons. The molecule has 1 unspecified atom stereocenters. The fraction of sp³-hybridized carbons (Fsp3) is 0.364. The SMILES string of the molecule is NCC(F)(F)C(OC(=O)c1ccccc1)C(F)(F)F. The highest BCUT2D eigenvalue weighted by molar-refractivity contribution is 5.89. The molecule has 1 aromatic rings. The van der Waals surface area contributed by atoms with E-state index in [1.54, 1.807) is 0 Å². The molecule has 19 heavy (non-hydrogen) atoms. The lowest BCUT2D eigenvalue weighted by atomic mass is 10.1. The van der Waals surface area contributed by atoms with E-state index < -0.39 is 30.7 Å². The van der Waals surface area contributed by atoms with Crippen LogP contribution in [0.2, 0.25) is 0 Å². The van der Waals surface area contributed by atoms with E-state index in [0.717, 1.165) is 12.1 Å². The monoisotopic (exact) mass is 283 g/mol. The van der Waals surface area contributed by atoms with E-state index in [1.165, 1.54) is 18.2 Å². The van der Waals surface area contributed by atoms with Crippen LogP contribution in [0.3, 0.4) is 0 Å². The number of esters is 1. The van der Waals surface area contributed by atoms with Crippen molar-refractivity contribution in [2.75, 3.05) is 6.54 Å². The number of carbonyl (C=O) groups excluding carboxylic acids is 1. The van der Waals surface area contributed by atoms with E-state index in [0.29, 0.717) is 0 Å². The zero-order valence-corrected chi connectivity index (χ0v) is 9.45. The Hall–Kier alpha value is -1.70. The molecule has 0 fully saturated rings. The fourth-order valence-electron chi connectivity index (χ4n) is 1.25. The van der Waals surface area contributed by atoms with Crippen molar-refractivity contribution in [2.24, 2.45) is 5.73 Å². The number of hydrogen-bond donors (Lipinski definition) is 1. The first-order valence-corrected chi connectivity index (χ1v) is 5.09. The minimum absolute atomic E-state index is 0.260. The zero-order chi connectivity index (χ0) is 14.7. The third kappa shape index (κ3) is 3.88. The molecule has 0 aromatic heterocycles. The molecule has 8 heteroatoms. The lowest BCUT2D eigenvalue weighted by Gasteiger charge is -2.27. The van der Waals surface area contributed by atoms with Gasteiger partial charge in [-0.25, -0.2) is 13.6 Å². The molecule has 3 nitrogen and oxygen atoms in total. The van der Waals surface area contributed by atoms with Gasteiger partial charge in [-0.05, 0) is 12.1 Å². The van der Waals surface area contributed by atoms with Crippen molar-refractivity contribution in [1.29, 1.82) is 0 Å². The molecular formula is C11H10F5NO2. The van der Waals surface area contributed by atoms with Gasteiger partial charge < -0.3 is 10.5 Å². The Bertz CT molecular complexity index is 432. The molecule has 0 spiro atoms. The smallest absolute Gasteiger partial charge is 0.431 e. The largest absolute Gasteiger partial charge is 0.442 e. The van der Waals surface area contributed by atoms with Crippen LogP contribution in [0.4, 0.5) is 22.0 Å². The molecule has 0 aliphatic rings. The van der Waals surface area contributed by atoms with E-state index >= 15 is 0 Å². The van der Waals surface area contributed by atoms with Gasteiger partial charge >= 0.3 is 18.1 Å². The Morgan fingerprint density at radius 1 is 1.16 bits per heavy atom. The molecule has 0 amide bonds. The highest BCUT2D eigenvalue weighted by Gasteiger charge is 2.58. The Balaban J connectivity index is 2.94. The molecule has 1 aromatic carbocycles. The first-order valence-electron chi connectivity index (χ1n) is 5.09. The first-order chi connectivity index (χ1) is 8.68. The number of nitrogens with two attached hydrogens (primary N) is 1. The van der Waals surface area contributed by atoms with E-state index in [9.17, 15) is 26.7 Å². The van der Waals surface area contributed by atoms with Crippen LogP contribution in [0.15, 0.2) is 30.3 Å². The third-order valence-corrected chi connectivity index (χ3v) is 2.19. The van der Waals surface area contributed by atoms with Crippen LogP contribution >= 0.6 is 0 Å². The Labute approximate surface area is 105 Å². The summed E-state index contributed by atoms with van der Waals surface area (Å²) in [6, 6.07) is 6.53. The summed E-state index contributed by atoms with van der Waals surface area (Å²) in [7, 11) is 0. The molecule has 0 aliphatic heterocycles. The molecule has 0 saturated heterocycles. The molecule has 2 N–H and O–H groups in total. The minimum atomic E-state index is -5.41. The Morgan fingerprint density at radius 3 is 2.11 bits per heavy atom. The van der Waals surface area contributed by atoms with Crippen molar-refractivity contribution in [3.05, 3.63) is 35.9 Å². The van der Waals surface area contributed by atoms with Crippen LogP contribution in [0.5, 0.6) is 0 Å². The Kier molecular flexibility index (Phi) is 4.46. The molecule has 0 heterocycles. The first kappa shape index (κ1) is 15.4.